The number of nitrogens with zero attached hydrogens (tertiary/aromatic N) is 4. The van der Waals surface area contributed by atoms with E-state index >= 15 is 0 Å². The molecule has 0 N–H and O–H groups in total. The molecule has 4 aromatic heterocycles. The van der Waals surface area contributed by atoms with Gasteiger partial charge in [-0.15, -0.1) is 0 Å². The van der Waals surface area contributed by atoms with Crippen LogP contribution in [0.5, 0.6) is 0 Å². The van der Waals surface area contributed by atoms with Gasteiger partial charge in [0, 0.05) is 79.7 Å². The molecule has 0 fully saturated rings. The molecule has 12 aromatic rings. The average molecular weight is 1610 g/mol. The van der Waals surface area contributed by atoms with Crippen molar-refractivity contribution in [2.24, 2.45) is 0 Å². The fraction of sp³-hybridized carbons (Fsp3) is 0. The molecule has 0 atom stereocenters. The molecule has 0 aliphatic carbocycles. The number of aromatic carboxylic acids is 6. The van der Waals surface area contributed by atoms with Gasteiger partial charge in [0.15, 0.2) is 0 Å². The summed E-state index contributed by atoms with van der Waals surface area (Å²) >= 11 is 0. The van der Waals surface area contributed by atoms with Crippen LogP contribution in [0.3, 0.4) is 0 Å². The summed E-state index contributed by atoms with van der Waals surface area (Å²) in [5.74, 6) is -21.1. The van der Waals surface area contributed by atoms with E-state index in [0.29, 0.717) is 36.4 Å². The van der Waals surface area contributed by atoms with Crippen LogP contribution in [0.15, 0.2) is 207 Å². The summed E-state index contributed by atoms with van der Waals surface area (Å²) in [7, 11) is 0. The summed E-state index contributed by atoms with van der Waals surface area (Å²) in [6.45, 7) is 0. The standard InChI is InChI=1S/2C12H8N2.6C7H4F2O2.2Eu/c2*1-3-9-5-6-10-4-2-8-14-12(10)11(9)13-7-1;6*8-4-1-2-6(9)5(3-4)7(10)11;;/h2*1-8H;6*1-3H,(H,10,11);;/q;;;;;;;;2*+3/p-6. The van der Waals surface area contributed by atoms with Crippen molar-refractivity contribution in [3.05, 3.63) is 310 Å². The number of rotatable bonds is 6. The molecule has 0 radical (unpaired) electrons. The van der Waals surface area contributed by atoms with E-state index in [2.05, 4.69) is 68.5 Å². The topological polar surface area (TPSA) is 292 Å². The monoisotopic (exact) mass is 1610 g/mol. The second-order valence-corrected chi connectivity index (χ2v) is 17.9. The summed E-state index contributed by atoms with van der Waals surface area (Å²) in [6, 6.07) is 37.2. The van der Waals surface area contributed by atoms with Crippen LogP contribution in [0.2, 0.25) is 0 Å². The normalized spacial score (nSPS) is 9.79. The Morgan fingerprint density at radius 3 is 0.500 bits per heavy atom. The first kappa shape index (κ1) is 80.8. The van der Waals surface area contributed by atoms with E-state index in [1.54, 1.807) is 24.8 Å². The van der Waals surface area contributed by atoms with Gasteiger partial charge in [0.25, 0.3) is 0 Å². The minimum absolute atomic E-state index is 0. The Labute approximate surface area is 613 Å². The van der Waals surface area contributed by atoms with Crippen molar-refractivity contribution in [2.75, 3.05) is 0 Å². The average Bonchev–Trinajstić information content (AvgIpc) is 0.825. The maximum Gasteiger partial charge on any atom is 3.00 e. The van der Waals surface area contributed by atoms with Crippen molar-refractivity contribution in [3.63, 3.8) is 0 Å². The quantitative estimate of drug-likeness (QED) is 0.115. The van der Waals surface area contributed by atoms with E-state index in [-0.39, 0.29) is 98.8 Å². The number of benzene rings is 8. The molecule has 16 nitrogen and oxygen atoms in total. The first-order chi connectivity index (χ1) is 44.6. The van der Waals surface area contributed by atoms with Crippen molar-refractivity contribution in [2.45, 2.75) is 0 Å². The van der Waals surface area contributed by atoms with Gasteiger partial charge in [-0.25, -0.2) is 52.7 Å². The molecular weight excluding hydrogens is 1570 g/mol. The predicted octanol–water partition coefficient (Wildman–Crippen LogP) is 7.54. The Bertz CT molecular complexity index is 4060. The van der Waals surface area contributed by atoms with Gasteiger partial charge < -0.3 is 59.4 Å². The SMILES string of the molecule is O=C([O-])c1cc(F)ccc1F.O=C([O-])c1cc(F)ccc1F.O=C([O-])c1cc(F)ccc1F.O=C([O-])c1cc(F)ccc1F.O=C([O-])c1cc(F)ccc1F.O=C([O-])c1cc(F)ccc1F.[Eu+3].[Eu+3].c1cnc2c(c1)ccc1cccnc12.c1cnc2c(c1)ccc1cccnc12. The molecule has 0 saturated carbocycles. The van der Waals surface area contributed by atoms with Gasteiger partial charge >= 0.3 is 98.8 Å². The number of aromatic nitrogens is 4. The summed E-state index contributed by atoms with van der Waals surface area (Å²) in [4.78, 5) is 77.7. The Morgan fingerprint density at radius 1 is 0.229 bits per heavy atom. The smallest absolute Gasteiger partial charge is 0.545 e. The molecule has 30 heteroatoms. The van der Waals surface area contributed by atoms with Gasteiger partial charge in [-0.05, 0) is 133 Å². The molecule has 0 amide bonds. The Balaban J connectivity index is 0.000000286. The van der Waals surface area contributed by atoms with Gasteiger partial charge in [0.05, 0.1) is 57.9 Å². The van der Waals surface area contributed by atoms with Crippen LogP contribution >= 0.6 is 0 Å². The van der Waals surface area contributed by atoms with Crippen molar-refractivity contribution in [1.82, 2.24) is 19.9 Å². The molecule has 0 aliphatic heterocycles. The second kappa shape index (κ2) is 39.4. The van der Waals surface area contributed by atoms with E-state index in [0.717, 1.165) is 116 Å². The Morgan fingerprint density at radius 2 is 0.375 bits per heavy atom. The third kappa shape index (κ3) is 24.7. The molecule has 0 saturated heterocycles. The number of halogens is 12. The third-order valence-corrected chi connectivity index (χ3v) is 11.6. The summed E-state index contributed by atoms with van der Waals surface area (Å²) < 4.78 is 148. The van der Waals surface area contributed by atoms with Gasteiger partial charge in [-0.1, -0.05) is 48.5 Å². The number of hydrogen-bond acceptors (Lipinski definition) is 16. The molecule has 96 heavy (non-hydrogen) atoms. The van der Waals surface area contributed by atoms with Gasteiger partial charge in [-0.3, -0.25) is 19.9 Å². The van der Waals surface area contributed by atoms with Crippen LogP contribution < -0.4 is 30.6 Å². The summed E-state index contributed by atoms with van der Waals surface area (Å²) in [5, 5.41) is 64.9. The second-order valence-electron chi connectivity index (χ2n) is 17.9. The molecule has 0 aliphatic rings. The van der Waals surface area contributed by atoms with Crippen LogP contribution in [0, 0.1) is 169 Å². The first-order valence-electron chi connectivity index (χ1n) is 25.7. The molecule has 0 unspecified atom stereocenters. The Kier molecular flexibility index (Phi) is 33.2. The number of carbonyl (C=O) groups excluding carboxylic acids is 6. The molecule has 488 valence electrons. The fourth-order valence-corrected chi connectivity index (χ4v) is 7.28. The largest absolute Gasteiger partial charge is 3.00 e. The van der Waals surface area contributed by atoms with Crippen LogP contribution in [0.4, 0.5) is 52.7 Å². The van der Waals surface area contributed by atoms with E-state index in [4.69, 9.17) is 0 Å². The third-order valence-electron chi connectivity index (χ3n) is 11.6. The van der Waals surface area contributed by atoms with E-state index in [1.165, 1.54) is 0 Å². The molecule has 4 heterocycles. The number of carboxylic acid groups (broad SMARTS) is 6. The van der Waals surface area contributed by atoms with E-state index < -0.39 is 139 Å². The zero-order valence-electron chi connectivity index (χ0n) is 47.6. The number of pyridine rings is 4. The van der Waals surface area contributed by atoms with E-state index in [9.17, 15) is 112 Å². The van der Waals surface area contributed by atoms with Gasteiger partial charge in [-0.2, -0.15) is 0 Å². The molecular formula is C66H34Eu2F12N4O12. The van der Waals surface area contributed by atoms with Crippen LogP contribution in [0.1, 0.15) is 62.1 Å². The van der Waals surface area contributed by atoms with Crippen LogP contribution in [0.25, 0.3) is 43.6 Å². The van der Waals surface area contributed by atoms with Crippen molar-refractivity contribution >= 4 is 79.4 Å². The van der Waals surface area contributed by atoms with Crippen molar-refractivity contribution in [3.8, 4) is 0 Å². The molecule has 8 aromatic carbocycles. The molecule has 0 bridgehead atoms. The van der Waals surface area contributed by atoms with Crippen molar-refractivity contribution in [1.29, 1.82) is 0 Å². The molecule has 0 spiro atoms. The minimum atomic E-state index is -1.72. The van der Waals surface area contributed by atoms with E-state index in [1.807, 2.05) is 24.3 Å². The molecule has 12 rings (SSSR count). The zero-order valence-corrected chi connectivity index (χ0v) is 52.5. The number of fused-ring (bicyclic) bond motifs is 6. The maximum absolute atomic E-state index is 12.4. The summed E-state index contributed by atoms with van der Waals surface area (Å²) in [6.07, 6.45) is 7.21. The Hall–Kier alpha value is -9.45. The number of carboxylic acids is 6. The fourth-order valence-electron chi connectivity index (χ4n) is 7.28. The van der Waals surface area contributed by atoms with Crippen LogP contribution in [-0.4, -0.2) is 55.8 Å². The van der Waals surface area contributed by atoms with Crippen LogP contribution in [-0.2, 0) is 0 Å². The summed E-state index contributed by atoms with van der Waals surface area (Å²) in [5.41, 5.74) is -0.646. The zero-order chi connectivity index (χ0) is 69.3. The number of hydrogen-bond donors (Lipinski definition) is 0. The number of carbonyl (C=O) groups is 6. The van der Waals surface area contributed by atoms with Gasteiger partial charge in [0.2, 0.25) is 0 Å². The van der Waals surface area contributed by atoms with Crippen molar-refractivity contribution < 1.29 is 211 Å². The predicted molar refractivity (Wildman–Crippen MR) is 298 cm³/mol. The van der Waals surface area contributed by atoms with Gasteiger partial charge in [0.1, 0.15) is 69.8 Å². The maximum atomic E-state index is 12.4. The first-order valence-corrected chi connectivity index (χ1v) is 25.7. The minimum Gasteiger partial charge on any atom is -0.545 e.